The maximum absolute atomic E-state index is 13.1. The Kier molecular flexibility index (Phi) is 4.15. The second-order valence-electron chi connectivity index (χ2n) is 6.65. The van der Waals surface area contributed by atoms with Crippen molar-refractivity contribution in [3.63, 3.8) is 0 Å². The predicted molar refractivity (Wildman–Crippen MR) is 96.2 cm³/mol. The number of amides is 2. The zero-order valence-corrected chi connectivity index (χ0v) is 15.4. The maximum Gasteiger partial charge on any atom is 0.289 e. The molecule has 2 aliphatic rings. The zero-order valence-electron chi connectivity index (χ0n) is 13.8. The molecule has 0 bridgehead atoms. The number of furan rings is 1. The molecule has 1 aliphatic heterocycles. The molecule has 2 heterocycles. The fourth-order valence-corrected chi connectivity index (χ4v) is 3.91. The van der Waals surface area contributed by atoms with Gasteiger partial charge in [0.2, 0.25) is 5.91 Å². The molecule has 2 fully saturated rings. The number of nitrogens with zero attached hydrogens (tertiary/aromatic N) is 2. The van der Waals surface area contributed by atoms with Crippen molar-refractivity contribution in [2.24, 2.45) is 0 Å². The molecule has 2 amide bonds. The second kappa shape index (κ2) is 6.33. The van der Waals surface area contributed by atoms with Gasteiger partial charge in [0, 0.05) is 30.7 Å². The van der Waals surface area contributed by atoms with Gasteiger partial charge in [-0.25, -0.2) is 0 Å². The average molecular weight is 403 g/mol. The van der Waals surface area contributed by atoms with Gasteiger partial charge in [-0.05, 0) is 42.7 Å². The van der Waals surface area contributed by atoms with Crippen LogP contribution in [0.25, 0.3) is 0 Å². The molecule has 25 heavy (non-hydrogen) atoms. The third-order valence-electron chi connectivity index (χ3n) is 5.12. The zero-order chi connectivity index (χ0) is 17.4. The van der Waals surface area contributed by atoms with Crippen LogP contribution in [0, 0.1) is 0 Å². The Bertz CT molecular complexity index is 791. The van der Waals surface area contributed by atoms with E-state index in [9.17, 15) is 9.59 Å². The molecule has 1 aromatic heterocycles. The molecule has 0 atom stereocenters. The number of carbonyl (C=O) groups is 2. The summed E-state index contributed by atoms with van der Waals surface area (Å²) in [6, 6.07) is 11.4. The standard InChI is InChI=1S/C19H19BrN2O3/c20-15-4-1-3-14(13-15)19(6-7-19)18(24)22-10-8-21(9-11-22)17(23)16-5-2-12-25-16/h1-5,12-13H,6-11H2. The molecule has 4 rings (SSSR count). The van der Waals surface area contributed by atoms with Crippen molar-refractivity contribution >= 4 is 27.7 Å². The van der Waals surface area contributed by atoms with E-state index in [0.717, 1.165) is 22.9 Å². The highest BCUT2D eigenvalue weighted by atomic mass is 79.9. The molecule has 130 valence electrons. The van der Waals surface area contributed by atoms with Crippen molar-refractivity contribution in [3.05, 3.63) is 58.5 Å². The molecule has 0 unspecified atom stereocenters. The molecule has 1 saturated heterocycles. The van der Waals surface area contributed by atoms with Gasteiger partial charge in [0.1, 0.15) is 0 Å². The largest absolute Gasteiger partial charge is 0.459 e. The molecule has 1 aliphatic carbocycles. The molecule has 1 aromatic carbocycles. The van der Waals surface area contributed by atoms with E-state index < -0.39 is 0 Å². The predicted octanol–water partition coefficient (Wildman–Crippen LogP) is 3.06. The van der Waals surface area contributed by atoms with Gasteiger partial charge in [0.05, 0.1) is 11.7 Å². The third-order valence-corrected chi connectivity index (χ3v) is 5.62. The van der Waals surface area contributed by atoms with Gasteiger partial charge in [-0.15, -0.1) is 0 Å². The van der Waals surface area contributed by atoms with Crippen LogP contribution in [0.2, 0.25) is 0 Å². The number of hydrogen-bond acceptors (Lipinski definition) is 3. The number of benzene rings is 1. The van der Waals surface area contributed by atoms with Crippen molar-refractivity contribution in [1.29, 1.82) is 0 Å². The van der Waals surface area contributed by atoms with E-state index in [-0.39, 0.29) is 17.2 Å². The van der Waals surface area contributed by atoms with Crippen molar-refractivity contribution in [1.82, 2.24) is 9.80 Å². The Balaban J connectivity index is 1.42. The maximum atomic E-state index is 13.1. The number of halogens is 1. The summed E-state index contributed by atoms with van der Waals surface area (Å²) in [5.41, 5.74) is 0.720. The highest BCUT2D eigenvalue weighted by molar-refractivity contribution is 9.10. The lowest BCUT2D eigenvalue weighted by atomic mass is 9.94. The molecule has 6 heteroatoms. The first-order chi connectivity index (χ1) is 12.1. The summed E-state index contributed by atoms with van der Waals surface area (Å²) in [5.74, 6) is 0.438. The van der Waals surface area contributed by atoms with Gasteiger partial charge in [0.25, 0.3) is 5.91 Å². The van der Waals surface area contributed by atoms with Gasteiger partial charge < -0.3 is 14.2 Å². The monoisotopic (exact) mass is 402 g/mol. The number of carbonyl (C=O) groups excluding carboxylic acids is 2. The van der Waals surface area contributed by atoms with Gasteiger partial charge in [-0.3, -0.25) is 9.59 Å². The lowest BCUT2D eigenvalue weighted by Gasteiger charge is -2.36. The van der Waals surface area contributed by atoms with E-state index in [4.69, 9.17) is 4.42 Å². The molecular weight excluding hydrogens is 384 g/mol. The van der Waals surface area contributed by atoms with Crippen molar-refractivity contribution in [3.8, 4) is 0 Å². The van der Waals surface area contributed by atoms with Crippen LogP contribution < -0.4 is 0 Å². The smallest absolute Gasteiger partial charge is 0.289 e. The molecule has 0 N–H and O–H groups in total. The normalized spacial score (nSPS) is 18.9. The van der Waals surface area contributed by atoms with Gasteiger partial charge in [0.15, 0.2) is 5.76 Å². The first-order valence-corrected chi connectivity index (χ1v) is 9.28. The van der Waals surface area contributed by atoms with Crippen LogP contribution in [0.4, 0.5) is 0 Å². The fourth-order valence-electron chi connectivity index (χ4n) is 3.51. The minimum absolute atomic E-state index is 0.106. The molecular formula is C19H19BrN2O3. The Morgan fingerprint density at radius 2 is 1.72 bits per heavy atom. The van der Waals surface area contributed by atoms with E-state index in [1.165, 1.54) is 6.26 Å². The minimum Gasteiger partial charge on any atom is -0.459 e. The van der Waals surface area contributed by atoms with Crippen molar-refractivity contribution in [2.75, 3.05) is 26.2 Å². The highest BCUT2D eigenvalue weighted by Gasteiger charge is 2.53. The first kappa shape index (κ1) is 16.4. The van der Waals surface area contributed by atoms with Crippen LogP contribution in [-0.2, 0) is 10.2 Å². The fraction of sp³-hybridized carbons (Fsp3) is 0.368. The number of piperazine rings is 1. The van der Waals surface area contributed by atoms with Crippen molar-refractivity contribution in [2.45, 2.75) is 18.3 Å². The summed E-state index contributed by atoms with van der Waals surface area (Å²) in [5, 5.41) is 0. The quantitative estimate of drug-likeness (QED) is 0.792. The van der Waals surface area contributed by atoms with E-state index in [2.05, 4.69) is 15.9 Å². The Morgan fingerprint density at radius 3 is 2.32 bits per heavy atom. The summed E-state index contributed by atoms with van der Waals surface area (Å²) in [6.07, 6.45) is 3.30. The van der Waals surface area contributed by atoms with Gasteiger partial charge in [-0.2, -0.15) is 0 Å². The van der Waals surface area contributed by atoms with E-state index in [1.54, 1.807) is 17.0 Å². The Labute approximate surface area is 154 Å². The van der Waals surface area contributed by atoms with Crippen LogP contribution >= 0.6 is 15.9 Å². The Hall–Kier alpha value is -2.08. The van der Waals surface area contributed by atoms with Gasteiger partial charge >= 0.3 is 0 Å². The summed E-state index contributed by atoms with van der Waals surface area (Å²) in [4.78, 5) is 29.1. The molecule has 0 spiro atoms. The lowest BCUT2D eigenvalue weighted by molar-refractivity contribution is -0.135. The number of hydrogen-bond donors (Lipinski definition) is 0. The first-order valence-electron chi connectivity index (χ1n) is 8.48. The van der Waals surface area contributed by atoms with Crippen LogP contribution in [0.5, 0.6) is 0 Å². The number of rotatable bonds is 3. The topological polar surface area (TPSA) is 53.8 Å². The van der Waals surface area contributed by atoms with Crippen LogP contribution in [0.1, 0.15) is 29.0 Å². The van der Waals surface area contributed by atoms with Crippen LogP contribution in [0.15, 0.2) is 51.6 Å². The lowest BCUT2D eigenvalue weighted by Crippen LogP contribution is -2.52. The van der Waals surface area contributed by atoms with Crippen LogP contribution in [-0.4, -0.2) is 47.8 Å². The summed E-state index contributed by atoms with van der Waals surface area (Å²) >= 11 is 3.49. The second-order valence-corrected chi connectivity index (χ2v) is 7.57. The highest BCUT2D eigenvalue weighted by Crippen LogP contribution is 2.50. The summed E-state index contributed by atoms with van der Waals surface area (Å²) < 4.78 is 6.18. The molecule has 0 radical (unpaired) electrons. The summed E-state index contributed by atoms with van der Waals surface area (Å²) in [6.45, 7) is 2.22. The Morgan fingerprint density at radius 1 is 1.00 bits per heavy atom. The van der Waals surface area contributed by atoms with Crippen molar-refractivity contribution < 1.29 is 14.0 Å². The van der Waals surface area contributed by atoms with Crippen LogP contribution in [0.3, 0.4) is 0 Å². The van der Waals surface area contributed by atoms with Gasteiger partial charge in [-0.1, -0.05) is 28.1 Å². The van der Waals surface area contributed by atoms with E-state index in [0.29, 0.717) is 31.9 Å². The molecule has 1 saturated carbocycles. The van der Waals surface area contributed by atoms with E-state index in [1.807, 2.05) is 29.2 Å². The van der Waals surface area contributed by atoms with E-state index >= 15 is 0 Å². The average Bonchev–Trinajstić information content (AvgIpc) is 3.27. The minimum atomic E-state index is -0.364. The SMILES string of the molecule is O=C(c1ccco1)N1CCN(C(=O)C2(c3cccc(Br)c3)CC2)CC1. The molecule has 2 aromatic rings. The molecule has 5 nitrogen and oxygen atoms in total. The third kappa shape index (κ3) is 2.99. The summed E-state index contributed by atoms with van der Waals surface area (Å²) in [7, 11) is 0.